The lowest BCUT2D eigenvalue weighted by molar-refractivity contribution is -0.123. The molecule has 4 nitrogen and oxygen atoms in total. The second kappa shape index (κ2) is 7.82. The van der Waals surface area contributed by atoms with E-state index in [2.05, 4.69) is 31.3 Å². The van der Waals surface area contributed by atoms with E-state index in [9.17, 15) is 4.79 Å². The highest BCUT2D eigenvalue weighted by atomic mass is 16.5. The molecule has 0 heterocycles. The third-order valence-electron chi connectivity index (χ3n) is 4.91. The zero-order valence-electron chi connectivity index (χ0n) is 14.6. The quantitative estimate of drug-likeness (QED) is 0.812. The first-order valence-corrected chi connectivity index (χ1v) is 8.65. The van der Waals surface area contributed by atoms with Gasteiger partial charge in [0.1, 0.15) is 5.75 Å². The number of rotatable bonds is 7. The van der Waals surface area contributed by atoms with Crippen LogP contribution in [0.3, 0.4) is 0 Å². The first kappa shape index (κ1) is 17.8. The van der Waals surface area contributed by atoms with E-state index in [0.29, 0.717) is 12.5 Å². The van der Waals surface area contributed by atoms with Crippen LogP contribution in [0.1, 0.15) is 51.5 Å². The number of benzene rings is 1. The molecule has 0 saturated heterocycles. The third kappa shape index (κ3) is 4.47. The van der Waals surface area contributed by atoms with Crippen LogP contribution >= 0.6 is 0 Å². The average molecular weight is 318 g/mol. The van der Waals surface area contributed by atoms with E-state index in [1.165, 1.54) is 18.4 Å². The van der Waals surface area contributed by atoms with Gasteiger partial charge in [-0.3, -0.25) is 4.79 Å². The maximum Gasteiger partial charge on any atom is 0.236 e. The summed E-state index contributed by atoms with van der Waals surface area (Å²) < 4.78 is 5.36. The van der Waals surface area contributed by atoms with E-state index < -0.39 is 6.04 Å². The molecule has 1 aliphatic carbocycles. The van der Waals surface area contributed by atoms with E-state index in [0.717, 1.165) is 25.0 Å². The first-order chi connectivity index (χ1) is 11.0. The van der Waals surface area contributed by atoms with Crippen molar-refractivity contribution in [3.8, 4) is 5.75 Å². The van der Waals surface area contributed by atoms with Crippen LogP contribution in [0.4, 0.5) is 0 Å². The Bertz CT molecular complexity index is 522. The molecular formula is C19H30N2O2. The van der Waals surface area contributed by atoms with Crippen LogP contribution < -0.4 is 15.8 Å². The van der Waals surface area contributed by atoms with Crippen LogP contribution in [0, 0.1) is 5.92 Å². The predicted octanol–water partition coefficient (Wildman–Crippen LogP) is 3.00. The molecule has 0 unspecified atom stereocenters. The molecule has 1 aromatic rings. The zero-order chi connectivity index (χ0) is 16.9. The fraction of sp³-hybridized carbons (Fsp3) is 0.632. The fourth-order valence-corrected chi connectivity index (χ4v) is 3.57. The van der Waals surface area contributed by atoms with E-state index in [1.807, 2.05) is 12.1 Å². The molecule has 0 bridgehead atoms. The average Bonchev–Trinajstić information content (AvgIpc) is 3.02. The number of hydrogen-bond donors (Lipinski definition) is 2. The Morgan fingerprint density at radius 3 is 2.65 bits per heavy atom. The summed E-state index contributed by atoms with van der Waals surface area (Å²) in [6.07, 6.45) is 5.31. The second-order valence-corrected chi connectivity index (χ2v) is 7.17. The Hall–Kier alpha value is -1.55. The van der Waals surface area contributed by atoms with Gasteiger partial charge in [-0.15, -0.1) is 0 Å². The van der Waals surface area contributed by atoms with E-state index in [4.69, 9.17) is 10.5 Å². The Morgan fingerprint density at radius 2 is 2.04 bits per heavy atom. The van der Waals surface area contributed by atoms with Crippen molar-refractivity contribution in [3.05, 3.63) is 29.8 Å². The standard InChI is InChI=1S/C19H30N2O2/c1-14(2)11-17(20)18(22)21-13-19(9-4-5-10-19)15-7-6-8-16(12-15)23-3/h6-8,12,14,17H,4-5,9-11,13,20H2,1-3H3,(H,21,22)/t17-/m0/s1. The summed E-state index contributed by atoms with van der Waals surface area (Å²) in [4.78, 5) is 12.3. The summed E-state index contributed by atoms with van der Waals surface area (Å²) in [7, 11) is 1.69. The van der Waals surface area contributed by atoms with Crippen molar-refractivity contribution in [3.63, 3.8) is 0 Å². The number of amides is 1. The van der Waals surface area contributed by atoms with Gasteiger partial charge < -0.3 is 15.8 Å². The van der Waals surface area contributed by atoms with E-state index >= 15 is 0 Å². The Morgan fingerprint density at radius 1 is 1.35 bits per heavy atom. The van der Waals surface area contributed by atoms with Gasteiger partial charge in [-0.25, -0.2) is 0 Å². The lowest BCUT2D eigenvalue weighted by atomic mass is 9.78. The molecule has 1 aromatic carbocycles. The van der Waals surface area contributed by atoms with Gasteiger partial charge >= 0.3 is 0 Å². The lowest BCUT2D eigenvalue weighted by Gasteiger charge is -2.31. The highest BCUT2D eigenvalue weighted by Crippen LogP contribution is 2.41. The highest BCUT2D eigenvalue weighted by molar-refractivity contribution is 5.81. The number of carbonyl (C=O) groups is 1. The van der Waals surface area contributed by atoms with Gasteiger partial charge in [0.05, 0.1) is 13.2 Å². The molecule has 2 rings (SSSR count). The molecule has 1 fully saturated rings. The van der Waals surface area contributed by atoms with Crippen molar-refractivity contribution in [2.24, 2.45) is 11.7 Å². The molecule has 1 atom stereocenters. The third-order valence-corrected chi connectivity index (χ3v) is 4.91. The maximum atomic E-state index is 12.3. The summed E-state index contributed by atoms with van der Waals surface area (Å²) in [5.41, 5.74) is 7.27. The number of ether oxygens (including phenoxy) is 1. The number of methoxy groups -OCH3 is 1. The van der Waals surface area contributed by atoms with Crippen molar-refractivity contribution < 1.29 is 9.53 Å². The number of carbonyl (C=O) groups excluding carboxylic acids is 1. The van der Waals surface area contributed by atoms with Crippen LogP contribution in [0.15, 0.2) is 24.3 Å². The summed E-state index contributed by atoms with van der Waals surface area (Å²) >= 11 is 0. The van der Waals surface area contributed by atoms with Gasteiger partial charge in [0.25, 0.3) is 0 Å². The van der Waals surface area contributed by atoms with Crippen molar-refractivity contribution in [2.75, 3.05) is 13.7 Å². The van der Waals surface area contributed by atoms with Gasteiger partial charge in [-0.2, -0.15) is 0 Å². The molecular weight excluding hydrogens is 288 g/mol. The molecule has 23 heavy (non-hydrogen) atoms. The Labute approximate surface area is 139 Å². The van der Waals surface area contributed by atoms with E-state index in [1.54, 1.807) is 7.11 Å². The number of nitrogens with two attached hydrogens (primary N) is 1. The minimum absolute atomic E-state index is 0.0156. The summed E-state index contributed by atoms with van der Waals surface area (Å²) in [5.74, 6) is 1.26. The molecule has 0 aromatic heterocycles. The lowest BCUT2D eigenvalue weighted by Crippen LogP contribution is -2.46. The fourth-order valence-electron chi connectivity index (χ4n) is 3.57. The molecule has 0 radical (unpaired) electrons. The molecule has 128 valence electrons. The minimum Gasteiger partial charge on any atom is -0.497 e. The van der Waals surface area contributed by atoms with Crippen LogP contribution in [0.5, 0.6) is 5.75 Å². The van der Waals surface area contributed by atoms with Gasteiger partial charge in [-0.05, 0) is 42.9 Å². The molecule has 0 spiro atoms. The number of hydrogen-bond acceptors (Lipinski definition) is 3. The van der Waals surface area contributed by atoms with Crippen LogP contribution in [0.25, 0.3) is 0 Å². The Balaban J connectivity index is 2.07. The topological polar surface area (TPSA) is 64.3 Å². The van der Waals surface area contributed by atoms with Crippen molar-refractivity contribution >= 4 is 5.91 Å². The Kier molecular flexibility index (Phi) is 6.05. The molecule has 3 N–H and O–H groups in total. The first-order valence-electron chi connectivity index (χ1n) is 8.65. The van der Waals surface area contributed by atoms with Gasteiger partial charge in [-0.1, -0.05) is 38.8 Å². The van der Waals surface area contributed by atoms with Gasteiger partial charge in [0.2, 0.25) is 5.91 Å². The van der Waals surface area contributed by atoms with Crippen molar-refractivity contribution in [1.82, 2.24) is 5.32 Å². The van der Waals surface area contributed by atoms with Crippen molar-refractivity contribution in [1.29, 1.82) is 0 Å². The highest BCUT2D eigenvalue weighted by Gasteiger charge is 2.36. The van der Waals surface area contributed by atoms with E-state index in [-0.39, 0.29) is 11.3 Å². The molecule has 0 aliphatic heterocycles. The smallest absolute Gasteiger partial charge is 0.236 e. The maximum absolute atomic E-state index is 12.3. The zero-order valence-corrected chi connectivity index (χ0v) is 14.6. The van der Waals surface area contributed by atoms with Crippen LogP contribution in [-0.2, 0) is 10.2 Å². The van der Waals surface area contributed by atoms with Crippen LogP contribution in [-0.4, -0.2) is 25.6 Å². The molecule has 1 aliphatic rings. The van der Waals surface area contributed by atoms with Gasteiger partial charge in [0.15, 0.2) is 0 Å². The normalized spacial score (nSPS) is 18.0. The summed E-state index contributed by atoms with van der Waals surface area (Å²) in [6.45, 7) is 4.83. The molecule has 1 amide bonds. The molecule has 4 heteroatoms. The minimum atomic E-state index is -0.418. The predicted molar refractivity (Wildman–Crippen MR) is 93.6 cm³/mol. The largest absolute Gasteiger partial charge is 0.497 e. The number of nitrogens with one attached hydrogen (secondary N) is 1. The summed E-state index contributed by atoms with van der Waals surface area (Å²) in [5, 5.41) is 3.10. The summed E-state index contributed by atoms with van der Waals surface area (Å²) in [6, 6.07) is 7.82. The second-order valence-electron chi connectivity index (χ2n) is 7.17. The monoisotopic (exact) mass is 318 g/mol. The van der Waals surface area contributed by atoms with Gasteiger partial charge in [0, 0.05) is 12.0 Å². The van der Waals surface area contributed by atoms with Crippen molar-refractivity contribution in [2.45, 2.75) is 57.4 Å². The van der Waals surface area contributed by atoms with Crippen LogP contribution in [0.2, 0.25) is 0 Å². The molecule has 1 saturated carbocycles. The SMILES string of the molecule is COc1cccc(C2(CNC(=O)[C@@H](N)CC(C)C)CCCC2)c1.